The lowest BCUT2D eigenvalue weighted by Gasteiger charge is -2.28. The van der Waals surface area contributed by atoms with Crippen molar-refractivity contribution in [2.45, 2.75) is 71.4 Å². The number of imidazole rings is 1. The van der Waals surface area contributed by atoms with Crippen molar-refractivity contribution in [3.63, 3.8) is 0 Å². The van der Waals surface area contributed by atoms with Gasteiger partial charge < -0.3 is 11.1 Å². The SMILES string of the molecule is CCCCC(C)Cn1c(=O)n(C(=O)N[C@H](C(N)=O)C(C)(C)C)c2ccc(S(C)=O)cc21. The number of rotatable bonds is 8. The molecule has 31 heavy (non-hydrogen) atoms. The van der Waals surface area contributed by atoms with Crippen LogP contribution in [0.15, 0.2) is 27.9 Å². The zero-order valence-corrected chi connectivity index (χ0v) is 20.0. The molecule has 1 aromatic heterocycles. The summed E-state index contributed by atoms with van der Waals surface area (Å²) in [5.41, 5.74) is 5.32. The fourth-order valence-electron chi connectivity index (χ4n) is 3.64. The Morgan fingerprint density at radius 2 is 1.87 bits per heavy atom. The van der Waals surface area contributed by atoms with Crippen LogP contribution in [-0.4, -0.2) is 37.6 Å². The lowest BCUT2D eigenvalue weighted by molar-refractivity contribution is -0.122. The molecule has 2 unspecified atom stereocenters. The summed E-state index contributed by atoms with van der Waals surface area (Å²) >= 11 is 0. The lowest BCUT2D eigenvalue weighted by atomic mass is 9.86. The summed E-state index contributed by atoms with van der Waals surface area (Å²) in [5, 5.41) is 2.62. The van der Waals surface area contributed by atoms with Crippen LogP contribution in [0.3, 0.4) is 0 Å². The maximum Gasteiger partial charge on any atom is 0.337 e. The van der Waals surface area contributed by atoms with Crippen molar-refractivity contribution in [2.75, 3.05) is 6.26 Å². The van der Waals surface area contributed by atoms with E-state index in [0.29, 0.717) is 22.5 Å². The third kappa shape index (κ3) is 5.64. The molecule has 0 aliphatic heterocycles. The van der Waals surface area contributed by atoms with Gasteiger partial charge in [-0.25, -0.2) is 14.2 Å². The second-order valence-electron chi connectivity index (χ2n) is 9.23. The van der Waals surface area contributed by atoms with Crippen LogP contribution in [0, 0.1) is 11.3 Å². The highest BCUT2D eigenvalue weighted by atomic mass is 32.2. The number of unbranched alkanes of at least 4 members (excludes halogenated alkanes) is 1. The second kappa shape index (κ2) is 9.80. The number of carbonyl (C=O) groups excluding carboxylic acids is 2. The van der Waals surface area contributed by atoms with Crippen molar-refractivity contribution in [3.8, 4) is 0 Å². The molecule has 1 aromatic carbocycles. The van der Waals surface area contributed by atoms with E-state index in [-0.39, 0.29) is 5.92 Å². The molecule has 2 aromatic rings. The number of nitrogens with two attached hydrogens (primary N) is 1. The number of nitrogens with one attached hydrogen (secondary N) is 1. The average molecular weight is 451 g/mol. The molecule has 3 N–H and O–H groups in total. The number of carbonyl (C=O) groups is 2. The van der Waals surface area contributed by atoms with E-state index in [1.165, 1.54) is 0 Å². The normalized spacial score (nSPS) is 14.9. The molecule has 9 heteroatoms. The molecule has 1 heterocycles. The minimum absolute atomic E-state index is 0.225. The van der Waals surface area contributed by atoms with Crippen LogP contribution in [0.1, 0.15) is 53.9 Å². The number of aromatic nitrogens is 2. The molecular weight excluding hydrogens is 416 g/mol. The van der Waals surface area contributed by atoms with E-state index < -0.39 is 39.9 Å². The summed E-state index contributed by atoms with van der Waals surface area (Å²) < 4.78 is 14.6. The van der Waals surface area contributed by atoms with Crippen molar-refractivity contribution < 1.29 is 13.8 Å². The molecule has 0 aliphatic carbocycles. The first kappa shape index (κ1) is 24.8. The van der Waals surface area contributed by atoms with Crippen LogP contribution < -0.4 is 16.7 Å². The van der Waals surface area contributed by atoms with E-state index in [2.05, 4.69) is 19.2 Å². The van der Waals surface area contributed by atoms with E-state index >= 15 is 0 Å². The zero-order chi connectivity index (χ0) is 23.5. The first-order valence-corrected chi connectivity index (χ1v) is 12.1. The Bertz CT molecular complexity index is 1050. The maximum absolute atomic E-state index is 13.3. The molecule has 8 nitrogen and oxygen atoms in total. The molecule has 2 rings (SSSR count). The van der Waals surface area contributed by atoms with Crippen LogP contribution in [0.4, 0.5) is 4.79 Å². The van der Waals surface area contributed by atoms with Gasteiger partial charge in [-0.05, 0) is 36.0 Å². The molecule has 0 spiro atoms. The lowest BCUT2D eigenvalue weighted by Crippen LogP contribution is -2.54. The molecular formula is C22H34N4O4S. The standard InChI is InChI=1S/C22H34N4O4S/c1-7-8-9-14(2)13-25-17-12-15(31(6)30)10-11-16(17)26(21(25)29)20(28)24-18(19(23)27)22(3,4)5/h10-12,14,18H,7-9,13H2,1-6H3,(H2,23,27)(H,24,28)/t14?,18-,31?/m1/s1. The second-order valence-corrected chi connectivity index (χ2v) is 10.6. The fourth-order valence-corrected chi connectivity index (χ4v) is 4.18. The van der Waals surface area contributed by atoms with Crippen molar-refractivity contribution >= 4 is 33.8 Å². The molecule has 0 aliphatic rings. The van der Waals surface area contributed by atoms with Gasteiger partial charge in [-0.1, -0.05) is 47.5 Å². The Morgan fingerprint density at radius 3 is 2.39 bits per heavy atom. The number of primary amides is 1. The third-order valence-electron chi connectivity index (χ3n) is 5.40. The van der Waals surface area contributed by atoms with E-state index in [4.69, 9.17) is 5.73 Å². The van der Waals surface area contributed by atoms with E-state index in [0.717, 1.165) is 23.8 Å². The van der Waals surface area contributed by atoms with E-state index in [1.54, 1.807) is 49.8 Å². The van der Waals surface area contributed by atoms with Crippen molar-refractivity contribution in [2.24, 2.45) is 17.1 Å². The Morgan fingerprint density at radius 1 is 1.23 bits per heavy atom. The predicted molar refractivity (Wildman–Crippen MR) is 124 cm³/mol. The summed E-state index contributed by atoms with van der Waals surface area (Å²) in [4.78, 5) is 38.9. The highest BCUT2D eigenvalue weighted by molar-refractivity contribution is 7.84. The van der Waals surface area contributed by atoms with Crippen LogP contribution in [0.5, 0.6) is 0 Å². The monoisotopic (exact) mass is 450 g/mol. The summed E-state index contributed by atoms with van der Waals surface area (Å²) in [6.45, 7) is 9.97. The maximum atomic E-state index is 13.3. The summed E-state index contributed by atoms with van der Waals surface area (Å²) in [6, 6.07) is 3.30. The first-order valence-electron chi connectivity index (χ1n) is 10.6. The number of fused-ring (bicyclic) bond motifs is 1. The summed E-state index contributed by atoms with van der Waals surface area (Å²) in [6.07, 6.45) is 4.63. The molecule has 0 saturated heterocycles. The number of hydrogen-bond donors (Lipinski definition) is 2. The zero-order valence-electron chi connectivity index (χ0n) is 19.2. The third-order valence-corrected chi connectivity index (χ3v) is 6.32. The molecule has 3 atom stereocenters. The van der Waals surface area contributed by atoms with Gasteiger partial charge in [0.2, 0.25) is 5.91 Å². The van der Waals surface area contributed by atoms with Crippen LogP contribution >= 0.6 is 0 Å². The smallest absolute Gasteiger partial charge is 0.337 e. The quantitative estimate of drug-likeness (QED) is 0.643. The molecule has 0 fully saturated rings. The molecule has 172 valence electrons. The number of nitrogens with zero attached hydrogens (tertiary/aromatic N) is 2. The van der Waals surface area contributed by atoms with Gasteiger partial charge >= 0.3 is 11.7 Å². The fraction of sp³-hybridized carbons (Fsp3) is 0.591. The van der Waals surface area contributed by atoms with Gasteiger partial charge in [0.25, 0.3) is 0 Å². The Labute approximate surface area is 185 Å². The predicted octanol–water partition coefficient (Wildman–Crippen LogP) is 2.82. The minimum Gasteiger partial charge on any atom is -0.368 e. The van der Waals surface area contributed by atoms with Gasteiger partial charge in [0.1, 0.15) is 6.04 Å². The van der Waals surface area contributed by atoms with Crippen LogP contribution in [-0.2, 0) is 22.1 Å². The van der Waals surface area contributed by atoms with Gasteiger partial charge in [0.15, 0.2) is 0 Å². The van der Waals surface area contributed by atoms with Gasteiger partial charge in [0, 0.05) is 28.5 Å². The Kier molecular flexibility index (Phi) is 7.86. The van der Waals surface area contributed by atoms with Crippen LogP contribution in [0.25, 0.3) is 11.0 Å². The van der Waals surface area contributed by atoms with Gasteiger partial charge in [-0.15, -0.1) is 0 Å². The average Bonchev–Trinajstić information content (AvgIpc) is 2.94. The van der Waals surface area contributed by atoms with Crippen molar-refractivity contribution in [1.29, 1.82) is 0 Å². The number of benzene rings is 1. The topological polar surface area (TPSA) is 116 Å². The Hall–Kier alpha value is -2.42. The first-order chi connectivity index (χ1) is 14.4. The molecule has 2 amide bonds. The largest absolute Gasteiger partial charge is 0.368 e. The minimum atomic E-state index is -1.23. The summed E-state index contributed by atoms with van der Waals surface area (Å²) in [5.74, 6) is -0.446. The highest BCUT2D eigenvalue weighted by Gasteiger charge is 2.32. The summed E-state index contributed by atoms with van der Waals surface area (Å²) in [7, 11) is -1.23. The van der Waals surface area contributed by atoms with E-state index in [9.17, 15) is 18.6 Å². The molecule has 0 saturated carbocycles. The molecule has 0 radical (unpaired) electrons. The number of hydrogen-bond acceptors (Lipinski definition) is 4. The number of amides is 2. The van der Waals surface area contributed by atoms with Gasteiger partial charge in [-0.2, -0.15) is 0 Å². The van der Waals surface area contributed by atoms with Gasteiger partial charge in [-0.3, -0.25) is 13.6 Å². The van der Waals surface area contributed by atoms with E-state index in [1.807, 2.05) is 0 Å². The molecule has 0 bridgehead atoms. The van der Waals surface area contributed by atoms with Crippen LogP contribution in [0.2, 0.25) is 0 Å². The van der Waals surface area contributed by atoms with Gasteiger partial charge in [0.05, 0.1) is 11.0 Å². The van der Waals surface area contributed by atoms with Crippen molar-refractivity contribution in [1.82, 2.24) is 14.5 Å². The van der Waals surface area contributed by atoms with Crippen molar-refractivity contribution in [3.05, 3.63) is 28.7 Å². The Balaban J connectivity index is 2.59. The highest BCUT2D eigenvalue weighted by Crippen LogP contribution is 2.22.